The highest BCUT2D eigenvalue weighted by molar-refractivity contribution is 7.99. The van der Waals surface area contributed by atoms with Gasteiger partial charge in [0.05, 0.1) is 11.3 Å². The molecule has 170 valence electrons. The molecule has 0 bridgehead atoms. The third-order valence-electron chi connectivity index (χ3n) is 5.54. The molecule has 0 saturated carbocycles. The Morgan fingerprint density at radius 3 is 2.76 bits per heavy atom. The van der Waals surface area contributed by atoms with E-state index in [0.29, 0.717) is 22.3 Å². The van der Waals surface area contributed by atoms with E-state index in [0.717, 1.165) is 48.3 Å². The van der Waals surface area contributed by atoms with Crippen molar-refractivity contribution in [3.8, 4) is 17.5 Å². The number of allylic oxidation sites excluding steroid dienone is 1. The van der Waals surface area contributed by atoms with E-state index < -0.39 is 0 Å². The molecule has 0 aliphatic heterocycles. The monoisotopic (exact) mass is 478 g/mol. The lowest BCUT2D eigenvalue weighted by Crippen LogP contribution is -2.14. The number of aromatic nitrogens is 3. The first-order valence-corrected chi connectivity index (χ1v) is 12.6. The molecule has 0 spiro atoms. The van der Waals surface area contributed by atoms with Crippen LogP contribution in [0.1, 0.15) is 28.8 Å². The number of nitriles is 1. The van der Waals surface area contributed by atoms with Crippen molar-refractivity contribution in [1.82, 2.24) is 14.8 Å². The van der Waals surface area contributed by atoms with Gasteiger partial charge < -0.3 is 10.2 Å². The molecule has 0 radical (unpaired) electrons. The van der Waals surface area contributed by atoms with Gasteiger partial charge in [-0.1, -0.05) is 17.8 Å². The van der Waals surface area contributed by atoms with Gasteiger partial charge in [0.2, 0.25) is 5.91 Å². The summed E-state index contributed by atoms with van der Waals surface area (Å²) < 4.78 is 1.96. The standard InChI is InChI=1S/C24H26N6OS2/c1-4-13-30-22(16-9-11-17(12-10-16)29(2)3)27-28-24(30)32-15-21(31)26-23-19(14-25)18-7-5-6-8-20(18)33-23/h4,9-12H,1,5-8,13,15H2,2-3H3,(H,26,31). The van der Waals surface area contributed by atoms with Crippen LogP contribution in [0.15, 0.2) is 42.1 Å². The van der Waals surface area contributed by atoms with Crippen LogP contribution in [-0.2, 0) is 24.2 Å². The SMILES string of the molecule is C=CCn1c(SCC(=O)Nc2sc3c(c2C#N)CCCC3)nnc1-c1ccc(N(C)C)cc1. The summed E-state index contributed by atoms with van der Waals surface area (Å²) in [7, 11) is 4.00. The Kier molecular flexibility index (Phi) is 7.16. The van der Waals surface area contributed by atoms with Gasteiger partial charge in [-0.05, 0) is 55.5 Å². The Bertz CT molecular complexity index is 1200. The molecule has 1 amide bonds. The normalized spacial score (nSPS) is 12.6. The number of nitrogens with zero attached hydrogens (tertiary/aromatic N) is 5. The second-order valence-electron chi connectivity index (χ2n) is 8.01. The lowest BCUT2D eigenvalue weighted by Gasteiger charge is -2.13. The second kappa shape index (κ2) is 10.2. The summed E-state index contributed by atoms with van der Waals surface area (Å²) in [6, 6.07) is 10.4. The predicted octanol–water partition coefficient (Wildman–Crippen LogP) is 4.74. The summed E-state index contributed by atoms with van der Waals surface area (Å²) in [6.45, 7) is 4.39. The van der Waals surface area contributed by atoms with E-state index in [1.54, 1.807) is 6.08 Å². The molecule has 1 aliphatic rings. The molecule has 33 heavy (non-hydrogen) atoms. The van der Waals surface area contributed by atoms with Crippen molar-refractivity contribution in [2.45, 2.75) is 37.4 Å². The van der Waals surface area contributed by atoms with E-state index in [2.05, 4.69) is 28.2 Å². The Labute approximate surface area is 202 Å². The molecular weight excluding hydrogens is 452 g/mol. The second-order valence-corrected chi connectivity index (χ2v) is 10.1. The van der Waals surface area contributed by atoms with E-state index in [9.17, 15) is 10.1 Å². The van der Waals surface area contributed by atoms with Crippen LogP contribution < -0.4 is 10.2 Å². The third-order valence-corrected chi connectivity index (χ3v) is 7.71. The highest BCUT2D eigenvalue weighted by atomic mass is 32.2. The zero-order valence-electron chi connectivity index (χ0n) is 18.8. The van der Waals surface area contributed by atoms with Crippen LogP contribution in [0.3, 0.4) is 0 Å². The van der Waals surface area contributed by atoms with Crippen LogP contribution in [-0.4, -0.2) is 40.5 Å². The van der Waals surface area contributed by atoms with Crippen LogP contribution in [0.2, 0.25) is 0 Å². The van der Waals surface area contributed by atoms with Crippen molar-refractivity contribution >= 4 is 39.7 Å². The number of fused-ring (bicyclic) bond motifs is 1. The lowest BCUT2D eigenvalue weighted by molar-refractivity contribution is -0.113. The molecule has 9 heteroatoms. The maximum absolute atomic E-state index is 12.7. The van der Waals surface area contributed by atoms with Gasteiger partial charge in [-0.3, -0.25) is 9.36 Å². The first kappa shape index (κ1) is 23.1. The average molecular weight is 479 g/mol. The van der Waals surface area contributed by atoms with Gasteiger partial charge in [0.15, 0.2) is 11.0 Å². The number of benzene rings is 1. The number of hydrogen-bond acceptors (Lipinski definition) is 7. The van der Waals surface area contributed by atoms with Crippen LogP contribution in [0.25, 0.3) is 11.4 Å². The van der Waals surface area contributed by atoms with Gasteiger partial charge in [0.1, 0.15) is 11.1 Å². The highest BCUT2D eigenvalue weighted by Gasteiger charge is 2.22. The van der Waals surface area contributed by atoms with E-state index in [4.69, 9.17) is 0 Å². The van der Waals surface area contributed by atoms with Crippen molar-refractivity contribution < 1.29 is 4.79 Å². The average Bonchev–Trinajstić information content (AvgIpc) is 3.38. The van der Waals surface area contributed by atoms with Crippen LogP contribution in [0, 0.1) is 11.3 Å². The van der Waals surface area contributed by atoms with Crippen LogP contribution in [0.4, 0.5) is 10.7 Å². The van der Waals surface area contributed by atoms with Gasteiger partial charge >= 0.3 is 0 Å². The van der Waals surface area contributed by atoms with E-state index in [1.807, 2.05) is 47.8 Å². The maximum Gasteiger partial charge on any atom is 0.235 e. The largest absolute Gasteiger partial charge is 0.378 e. The molecule has 1 N–H and O–H groups in total. The molecule has 2 heterocycles. The maximum atomic E-state index is 12.7. The zero-order chi connectivity index (χ0) is 23.4. The van der Waals surface area contributed by atoms with Gasteiger partial charge in [-0.15, -0.1) is 28.1 Å². The minimum absolute atomic E-state index is 0.153. The van der Waals surface area contributed by atoms with Crippen LogP contribution in [0.5, 0.6) is 0 Å². The van der Waals surface area contributed by atoms with Gasteiger partial charge in [0, 0.05) is 36.8 Å². The molecule has 7 nitrogen and oxygen atoms in total. The summed E-state index contributed by atoms with van der Waals surface area (Å²) in [4.78, 5) is 16.0. The first-order valence-electron chi connectivity index (χ1n) is 10.8. The van der Waals surface area contributed by atoms with Gasteiger partial charge in [-0.25, -0.2) is 0 Å². The van der Waals surface area contributed by atoms with Gasteiger partial charge in [-0.2, -0.15) is 5.26 Å². The molecule has 4 rings (SSSR count). The molecular formula is C24H26N6OS2. The fraction of sp³-hybridized carbons (Fsp3) is 0.333. The molecule has 1 aliphatic carbocycles. The molecule has 0 saturated heterocycles. The molecule has 0 fully saturated rings. The molecule has 3 aromatic rings. The van der Waals surface area contributed by atoms with Crippen molar-refractivity contribution in [2.24, 2.45) is 0 Å². The number of nitrogens with one attached hydrogen (secondary N) is 1. The third kappa shape index (κ3) is 4.97. The number of thioether (sulfide) groups is 1. The molecule has 0 unspecified atom stereocenters. The minimum atomic E-state index is -0.153. The Balaban J connectivity index is 1.47. The van der Waals surface area contributed by atoms with E-state index in [-0.39, 0.29) is 11.7 Å². The number of amides is 1. The summed E-state index contributed by atoms with van der Waals surface area (Å²) >= 11 is 2.87. The number of rotatable bonds is 8. The fourth-order valence-electron chi connectivity index (χ4n) is 3.88. The van der Waals surface area contributed by atoms with E-state index in [1.165, 1.54) is 28.0 Å². The summed E-state index contributed by atoms with van der Waals surface area (Å²) in [5, 5.41) is 22.6. The number of hydrogen-bond donors (Lipinski definition) is 1. The summed E-state index contributed by atoms with van der Waals surface area (Å²) in [5.74, 6) is 0.767. The van der Waals surface area contributed by atoms with E-state index >= 15 is 0 Å². The highest BCUT2D eigenvalue weighted by Crippen LogP contribution is 2.37. The summed E-state index contributed by atoms with van der Waals surface area (Å²) in [5.41, 5.74) is 3.81. The van der Waals surface area contributed by atoms with Crippen LogP contribution >= 0.6 is 23.1 Å². The Morgan fingerprint density at radius 2 is 2.06 bits per heavy atom. The number of anilines is 2. The van der Waals surface area contributed by atoms with Crippen molar-refractivity contribution in [2.75, 3.05) is 30.1 Å². The van der Waals surface area contributed by atoms with Gasteiger partial charge in [0.25, 0.3) is 0 Å². The predicted molar refractivity (Wildman–Crippen MR) is 135 cm³/mol. The fourth-order valence-corrected chi connectivity index (χ4v) is 5.88. The Hall–Kier alpha value is -3.09. The molecule has 0 atom stereocenters. The Morgan fingerprint density at radius 1 is 1.30 bits per heavy atom. The van der Waals surface area contributed by atoms with Crippen molar-refractivity contribution in [1.29, 1.82) is 5.26 Å². The van der Waals surface area contributed by atoms with Crippen molar-refractivity contribution in [3.05, 3.63) is 52.9 Å². The zero-order valence-corrected chi connectivity index (χ0v) is 20.4. The quantitative estimate of drug-likeness (QED) is 0.372. The number of carbonyl (C=O) groups excluding carboxylic acids is 1. The first-order chi connectivity index (χ1) is 16.0. The number of thiophene rings is 1. The number of carbonyl (C=O) groups is 1. The minimum Gasteiger partial charge on any atom is -0.378 e. The van der Waals surface area contributed by atoms with Crippen molar-refractivity contribution in [3.63, 3.8) is 0 Å². The topological polar surface area (TPSA) is 86.8 Å². The summed E-state index contributed by atoms with van der Waals surface area (Å²) in [6.07, 6.45) is 5.94. The smallest absolute Gasteiger partial charge is 0.235 e. The molecule has 1 aromatic carbocycles. The lowest BCUT2D eigenvalue weighted by atomic mass is 9.96. The number of aryl methyl sites for hydroxylation is 1. The molecule has 2 aromatic heterocycles.